The summed E-state index contributed by atoms with van der Waals surface area (Å²) < 4.78 is 11.5. The van der Waals surface area contributed by atoms with Gasteiger partial charge in [-0.3, -0.25) is 9.78 Å². The summed E-state index contributed by atoms with van der Waals surface area (Å²) in [6.07, 6.45) is 5.06. The number of rotatable bonds is 9. The smallest absolute Gasteiger partial charge is 0.337 e. The van der Waals surface area contributed by atoms with Gasteiger partial charge in [0, 0.05) is 30.2 Å². The molecule has 0 saturated carbocycles. The number of para-hydroxylation sites is 1. The van der Waals surface area contributed by atoms with Gasteiger partial charge in [0.05, 0.1) is 17.7 Å². The molecule has 4 rings (SSSR count). The summed E-state index contributed by atoms with van der Waals surface area (Å²) in [4.78, 5) is 31.9. The summed E-state index contributed by atoms with van der Waals surface area (Å²) in [6, 6.07) is 20.6. The first-order valence-electron chi connectivity index (χ1n) is 10.4. The highest BCUT2D eigenvalue weighted by Gasteiger charge is 2.12. The second-order valence-corrected chi connectivity index (χ2v) is 7.30. The number of carbonyl (C=O) groups is 2. The van der Waals surface area contributed by atoms with Crippen LogP contribution in [0, 0.1) is 0 Å². The highest BCUT2D eigenvalue weighted by Crippen LogP contribution is 2.23. The first kappa shape index (κ1) is 22.5. The number of nitrogens with one attached hydrogen (secondary N) is 1. The van der Waals surface area contributed by atoms with Gasteiger partial charge in [-0.1, -0.05) is 24.3 Å². The van der Waals surface area contributed by atoms with Crippen LogP contribution in [0.25, 0.3) is 0 Å². The van der Waals surface area contributed by atoms with E-state index in [2.05, 4.69) is 15.3 Å². The number of amides is 1. The lowest BCUT2D eigenvalue weighted by atomic mass is 10.1. The lowest BCUT2D eigenvalue weighted by molar-refractivity contribution is -0.115. The summed E-state index contributed by atoms with van der Waals surface area (Å²) >= 11 is 0. The van der Waals surface area contributed by atoms with Crippen LogP contribution in [0.15, 0.2) is 91.4 Å². The van der Waals surface area contributed by atoms with Crippen molar-refractivity contribution < 1.29 is 24.2 Å². The van der Waals surface area contributed by atoms with Crippen molar-refractivity contribution in [1.82, 2.24) is 9.97 Å². The number of anilines is 1. The number of carboxylic acid groups (broad SMARTS) is 1. The molecular weight excluding hydrogens is 434 g/mol. The summed E-state index contributed by atoms with van der Waals surface area (Å²) in [5.41, 5.74) is 1.93. The van der Waals surface area contributed by atoms with Gasteiger partial charge in [-0.25, -0.2) is 9.78 Å². The molecule has 0 unspecified atom stereocenters. The Bertz CT molecular complexity index is 1260. The first-order chi connectivity index (χ1) is 16.6. The van der Waals surface area contributed by atoms with Crippen LogP contribution in [0.5, 0.6) is 17.4 Å². The van der Waals surface area contributed by atoms with E-state index in [0.717, 1.165) is 5.56 Å². The van der Waals surface area contributed by atoms with Gasteiger partial charge in [-0.2, -0.15) is 0 Å². The Hall–Kier alpha value is -4.72. The molecule has 0 fully saturated rings. The van der Waals surface area contributed by atoms with Crippen LogP contribution in [0.1, 0.15) is 21.5 Å². The third kappa shape index (κ3) is 6.17. The third-order valence-corrected chi connectivity index (χ3v) is 4.77. The maximum Gasteiger partial charge on any atom is 0.337 e. The van der Waals surface area contributed by atoms with Gasteiger partial charge in [0.15, 0.2) is 0 Å². The van der Waals surface area contributed by atoms with E-state index in [0.29, 0.717) is 29.5 Å². The second kappa shape index (κ2) is 10.7. The Morgan fingerprint density at radius 2 is 1.65 bits per heavy atom. The molecule has 0 aliphatic carbocycles. The number of carbonyl (C=O) groups excluding carboxylic acids is 1. The third-order valence-electron chi connectivity index (χ3n) is 4.77. The standard InChI is InChI=1S/C26H21N3O5/c30-24(29-23-6-2-1-5-22(23)26(31)32)14-18-7-12-25(28-16-18)34-21-10-8-20(9-11-21)33-17-19-4-3-13-27-15-19/h1-13,15-16H,14,17H2,(H,29,30)(H,31,32). The molecule has 0 atom stereocenters. The number of benzene rings is 2. The molecular formula is C26H21N3O5. The van der Waals surface area contributed by atoms with Crippen molar-refractivity contribution in [3.8, 4) is 17.4 Å². The number of carboxylic acids is 1. The average molecular weight is 455 g/mol. The van der Waals surface area contributed by atoms with Crippen LogP contribution >= 0.6 is 0 Å². The van der Waals surface area contributed by atoms with Crippen LogP contribution in [0.3, 0.4) is 0 Å². The zero-order valence-electron chi connectivity index (χ0n) is 18.0. The van der Waals surface area contributed by atoms with E-state index in [9.17, 15) is 14.7 Å². The lowest BCUT2D eigenvalue weighted by Gasteiger charge is -2.09. The van der Waals surface area contributed by atoms with E-state index in [1.807, 2.05) is 12.1 Å². The van der Waals surface area contributed by atoms with Crippen molar-refractivity contribution in [2.45, 2.75) is 13.0 Å². The number of hydrogen-bond donors (Lipinski definition) is 2. The zero-order chi connectivity index (χ0) is 23.8. The molecule has 0 bridgehead atoms. The first-order valence-corrected chi connectivity index (χ1v) is 10.4. The predicted octanol–water partition coefficient (Wildman–Crippen LogP) is 4.73. The predicted molar refractivity (Wildman–Crippen MR) is 125 cm³/mol. The van der Waals surface area contributed by atoms with Gasteiger partial charge in [0.1, 0.15) is 18.1 Å². The topological polar surface area (TPSA) is 111 Å². The monoisotopic (exact) mass is 455 g/mol. The zero-order valence-corrected chi connectivity index (χ0v) is 18.0. The maximum absolute atomic E-state index is 12.3. The largest absolute Gasteiger partial charge is 0.489 e. The summed E-state index contributed by atoms with van der Waals surface area (Å²) in [5.74, 6) is 0.231. The van der Waals surface area contributed by atoms with Crippen molar-refractivity contribution in [1.29, 1.82) is 0 Å². The molecule has 0 aliphatic heterocycles. The summed E-state index contributed by atoms with van der Waals surface area (Å²) in [5, 5.41) is 11.9. The molecule has 34 heavy (non-hydrogen) atoms. The average Bonchev–Trinajstić information content (AvgIpc) is 2.85. The van der Waals surface area contributed by atoms with E-state index < -0.39 is 5.97 Å². The minimum Gasteiger partial charge on any atom is -0.489 e. The molecule has 2 heterocycles. The fourth-order valence-corrected chi connectivity index (χ4v) is 3.11. The van der Waals surface area contributed by atoms with Gasteiger partial charge in [-0.15, -0.1) is 0 Å². The Morgan fingerprint density at radius 1 is 0.853 bits per heavy atom. The van der Waals surface area contributed by atoms with Gasteiger partial charge in [0.25, 0.3) is 0 Å². The quantitative estimate of drug-likeness (QED) is 0.375. The van der Waals surface area contributed by atoms with Gasteiger partial charge < -0.3 is 19.9 Å². The van der Waals surface area contributed by atoms with Gasteiger partial charge >= 0.3 is 5.97 Å². The normalized spacial score (nSPS) is 10.4. The number of hydrogen-bond acceptors (Lipinski definition) is 6. The molecule has 170 valence electrons. The summed E-state index contributed by atoms with van der Waals surface area (Å²) in [7, 11) is 0. The van der Waals surface area contributed by atoms with Crippen LogP contribution in [0.2, 0.25) is 0 Å². The highest BCUT2D eigenvalue weighted by molar-refractivity contribution is 6.00. The molecule has 2 N–H and O–H groups in total. The van der Waals surface area contributed by atoms with Gasteiger partial charge in [-0.05, 0) is 48.0 Å². The molecule has 2 aromatic carbocycles. The van der Waals surface area contributed by atoms with Crippen molar-refractivity contribution in [2.24, 2.45) is 0 Å². The van der Waals surface area contributed by atoms with E-state index in [4.69, 9.17) is 9.47 Å². The van der Waals surface area contributed by atoms with Crippen LogP contribution in [-0.2, 0) is 17.8 Å². The Morgan fingerprint density at radius 3 is 2.35 bits per heavy atom. The number of aromatic nitrogens is 2. The molecule has 4 aromatic rings. The van der Waals surface area contributed by atoms with Crippen molar-refractivity contribution in [3.63, 3.8) is 0 Å². The summed E-state index contributed by atoms with van der Waals surface area (Å²) in [6.45, 7) is 0.423. The molecule has 0 spiro atoms. The van der Waals surface area contributed by atoms with E-state index >= 15 is 0 Å². The van der Waals surface area contributed by atoms with Crippen LogP contribution < -0.4 is 14.8 Å². The fraction of sp³-hybridized carbons (Fsp3) is 0.0769. The minimum atomic E-state index is -1.10. The minimum absolute atomic E-state index is 0.0335. The highest BCUT2D eigenvalue weighted by atomic mass is 16.5. The van der Waals surface area contributed by atoms with E-state index in [1.54, 1.807) is 73.2 Å². The number of ether oxygens (including phenoxy) is 2. The fourth-order valence-electron chi connectivity index (χ4n) is 3.11. The molecule has 1 amide bonds. The Kier molecular flexibility index (Phi) is 7.09. The molecule has 8 nitrogen and oxygen atoms in total. The Balaban J connectivity index is 1.29. The van der Waals surface area contributed by atoms with E-state index in [-0.39, 0.29) is 23.6 Å². The SMILES string of the molecule is O=C(Cc1ccc(Oc2ccc(OCc3cccnc3)cc2)nc1)Nc1ccccc1C(=O)O. The Labute approximate surface area is 195 Å². The number of aromatic carboxylic acids is 1. The number of nitrogens with zero attached hydrogens (tertiary/aromatic N) is 2. The van der Waals surface area contributed by atoms with Crippen molar-refractivity contribution in [2.75, 3.05) is 5.32 Å². The molecule has 8 heteroatoms. The lowest BCUT2D eigenvalue weighted by Crippen LogP contribution is -2.16. The number of pyridine rings is 2. The van der Waals surface area contributed by atoms with Gasteiger partial charge in [0.2, 0.25) is 11.8 Å². The molecule has 2 aromatic heterocycles. The van der Waals surface area contributed by atoms with Crippen LogP contribution in [0.4, 0.5) is 5.69 Å². The van der Waals surface area contributed by atoms with Crippen LogP contribution in [-0.4, -0.2) is 27.0 Å². The molecule has 0 saturated heterocycles. The van der Waals surface area contributed by atoms with E-state index in [1.165, 1.54) is 6.07 Å². The molecule has 0 radical (unpaired) electrons. The van der Waals surface area contributed by atoms with Crippen molar-refractivity contribution in [3.05, 3.63) is 108 Å². The van der Waals surface area contributed by atoms with Crippen molar-refractivity contribution >= 4 is 17.6 Å². The maximum atomic E-state index is 12.3. The second-order valence-electron chi connectivity index (χ2n) is 7.30. The molecule has 0 aliphatic rings.